The molecule has 6 nitrogen and oxygen atoms in total. The van der Waals surface area contributed by atoms with Crippen molar-refractivity contribution in [2.24, 2.45) is 0 Å². The number of nitrogens with zero attached hydrogens (tertiary/aromatic N) is 2. The Morgan fingerprint density at radius 1 is 1.39 bits per heavy atom. The maximum atomic E-state index is 11.8. The van der Waals surface area contributed by atoms with Gasteiger partial charge in [-0.1, -0.05) is 19.8 Å². The lowest BCUT2D eigenvalue weighted by Gasteiger charge is -2.22. The molecule has 0 saturated heterocycles. The first-order chi connectivity index (χ1) is 10.8. The van der Waals surface area contributed by atoms with E-state index >= 15 is 0 Å². The van der Waals surface area contributed by atoms with Crippen molar-refractivity contribution in [2.75, 3.05) is 6.54 Å². The number of rotatable bonds is 8. The van der Waals surface area contributed by atoms with Gasteiger partial charge in [-0.15, -0.1) is 0 Å². The largest absolute Gasteiger partial charge is 0.444 e. The summed E-state index contributed by atoms with van der Waals surface area (Å²) < 4.78 is 5.27. The summed E-state index contributed by atoms with van der Waals surface area (Å²) >= 11 is 0. The number of hydrogen-bond acceptors (Lipinski definition) is 5. The predicted octanol–water partition coefficient (Wildman–Crippen LogP) is 2.96. The fourth-order valence-corrected chi connectivity index (χ4v) is 2.10. The molecule has 23 heavy (non-hydrogen) atoms. The minimum atomic E-state index is -0.477. The molecule has 0 spiro atoms. The van der Waals surface area contributed by atoms with E-state index < -0.39 is 5.60 Å². The lowest BCUT2D eigenvalue weighted by atomic mass is 10.1. The summed E-state index contributed by atoms with van der Waals surface area (Å²) in [7, 11) is 0. The van der Waals surface area contributed by atoms with Crippen LogP contribution in [0.4, 0.5) is 4.79 Å². The topological polar surface area (TPSA) is 76.1 Å². The molecular formula is C17H30N4O2. The molecular weight excluding hydrogens is 292 g/mol. The van der Waals surface area contributed by atoms with E-state index in [1.807, 2.05) is 33.8 Å². The van der Waals surface area contributed by atoms with Gasteiger partial charge in [0, 0.05) is 25.3 Å². The smallest absolute Gasteiger partial charge is 0.407 e. The Morgan fingerprint density at radius 2 is 2.13 bits per heavy atom. The lowest BCUT2D eigenvalue weighted by Crippen LogP contribution is -2.42. The van der Waals surface area contributed by atoms with E-state index in [-0.39, 0.29) is 12.1 Å². The monoisotopic (exact) mass is 322 g/mol. The van der Waals surface area contributed by atoms with Crippen LogP contribution in [0.15, 0.2) is 12.3 Å². The van der Waals surface area contributed by atoms with Crippen LogP contribution in [0.1, 0.15) is 58.5 Å². The van der Waals surface area contributed by atoms with Crippen molar-refractivity contribution in [3.8, 4) is 0 Å². The highest BCUT2D eigenvalue weighted by molar-refractivity contribution is 5.67. The Labute approximate surface area is 139 Å². The molecule has 0 aromatic carbocycles. The molecule has 1 atom stereocenters. The first kappa shape index (κ1) is 19.4. The maximum absolute atomic E-state index is 11.8. The van der Waals surface area contributed by atoms with Gasteiger partial charge in [0.15, 0.2) is 0 Å². The van der Waals surface area contributed by atoms with Crippen LogP contribution in [0.5, 0.6) is 0 Å². The van der Waals surface area contributed by atoms with E-state index in [1.165, 1.54) is 0 Å². The number of unbranched alkanes of at least 4 members (excludes halogenated alkanes) is 1. The van der Waals surface area contributed by atoms with E-state index in [0.717, 1.165) is 30.8 Å². The molecule has 130 valence electrons. The first-order valence-corrected chi connectivity index (χ1v) is 8.29. The average Bonchev–Trinajstić information content (AvgIpc) is 2.44. The fraction of sp³-hybridized carbons (Fsp3) is 0.706. The van der Waals surface area contributed by atoms with Crippen LogP contribution in [0.3, 0.4) is 0 Å². The number of amides is 1. The van der Waals surface area contributed by atoms with Gasteiger partial charge in [-0.05, 0) is 40.2 Å². The van der Waals surface area contributed by atoms with Gasteiger partial charge in [0.05, 0.1) is 5.69 Å². The van der Waals surface area contributed by atoms with Crippen molar-refractivity contribution in [1.29, 1.82) is 0 Å². The highest BCUT2D eigenvalue weighted by Crippen LogP contribution is 2.07. The second-order valence-electron chi connectivity index (χ2n) is 6.70. The number of hydrogen-bond donors (Lipinski definition) is 2. The molecule has 6 heteroatoms. The van der Waals surface area contributed by atoms with E-state index in [1.54, 1.807) is 6.20 Å². The van der Waals surface area contributed by atoms with Gasteiger partial charge in [-0.3, -0.25) is 0 Å². The lowest BCUT2D eigenvalue weighted by molar-refractivity contribution is 0.0521. The van der Waals surface area contributed by atoms with Crippen molar-refractivity contribution < 1.29 is 9.53 Å². The molecule has 1 rings (SSSR count). The van der Waals surface area contributed by atoms with Gasteiger partial charge in [0.1, 0.15) is 11.4 Å². The molecule has 0 aliphatic heterocycles. The van der Waals surface area contributed by atoms with Gasteiger partial charge in [0.25, 0.3) is 0 Å². The molecule has 0 radical (unpaired) electrons. The molecule has 0 fully saturated rings. The zero-order valence-corrected chi connectivity index (χ0v) is 15.0. The maximum Gasteiger partial charge on any atom is 0.407 e. The molecule has 1 aromatic heterocycles. The quantitative estimate of drug-likeness (QED) is 0.769. The Morgan fingerprint density at radius 3 is 2.74 bits per heavy atom. The van der Waals surface area contributed by atoms with Crippen LogP contribution < -0.4 is 10.6 Å². The third-order valence-electron chi connectivity index (χ3n) is 3.20. The zero-order chi connectivity index (χ0) is 17.3. The number of alkyl carbamates (subject to hydrolysis) is 1. The molecule has 0 saturated carbocycles. The van der Waals surface area contributed by atoms with Crippen molar-refractivity contribution in [2.45, 2.75) is 72.1 Å². The van der Waals surface area contributed by atoms with Crippen LogP contribution in [0.2, 0.25) is 0 Å². The second kappa shape index (κ2) is 9.45. The third kappa shape index (κ3) is 9.13. The zero-order valence-electron chi connectivity index (χ0n) is 15.0. The molecule has 0 aliphatic rings. The van der Waals surface area contributed by atoms with Crippen molar-refractivity contribution in [1.82, 2.24) is 20.6 Å². The molecule has 2 N–H and O–H groups in total. The van der Waals surface area contributed by atoms with Crippen molar-refractivity contribution >= 4 is 6.09 Å². The Balaban J connectivity index is 2.47. The number of aryl methyl sites for hydroxylation is 1. The number of ether oxygens (including phenoxy) is 1. The van der Waals surface area contributed by atoms with Crippen LogP contribution in [-0.2, 0) is 11.3 Å². The molecule has 0 bridgehead atoms. The number of nitrogens with one attached hydrogen (secondary N) is 2. The predicted molar refractivity (Wildman–Crippen MR) is 91.2 cm³/mol. The van der Waals surface area contributed by atoms with Crippen LogP contribution in [0, 0.1) is 6.92 Å². The Hall–Kier alpha value is -1.69. The van der Waals surface area contributed by atoms with Crippen LogP contribution >= 0.6 is 0 Å². The van der Waals surface area contributed by atoms with Gasteiger partial charge in [0.2, 0.25) is 0 Å². The highest BCUT2D eigenvalue weighted by atomic mass is 16.6. The SMILES string of the molecule is CCCCC(CNC(=O)OC(C)(C)C)NCc1ccnc(C)n1. The number of aromatic nitrogens is 2. The first-order valence-electron chi connectivity index (χ1n) is 8.29. The average molecular weight is 322 g/mol. The van der Waals surface area contributed by atoms with Crippen LogP contribution in [-0.4, -0.2) is 34.2 Å². The summed E-state index contributed by atoms with van der Waals surface area (Å²) in [5, 5.41) is 6.30. The van der Waals surface area contributed by atoms with Crippen LogP contribution in [0.25, 0.3) is 0 Å². The number of carbonyl (C=O) groups excluding carboxylic acids is 1. The summed E-state index contributed by atoms with van der Waals surface area (Å²) in [6.07, 6.45) is 4.61. The van der Waals surface area contributed by atoms with Gasteiger partial charge in [-0.2, -0.15) is 0 Å². The fourth-order valence-electron chi connectivity index (χ4n) is 2.10. The molecule has 1 aromatic rings. The van der Waals surface area contributed by atoms with E-state index in [0.29, 0.717) is 13.1 Å². The third-order valence-corrected chi connectivity index (χ3v) is 3.20. The Bertz CT molecular complexity index is 486. The van der Waals surface area contributed by atoms with Crippen molar-refractivity contribution in [3.63, 3.8) is 0 Å². The van der Waals surface area contributed by atoms with Gasteiger partial charge >= 0.3 is 6.09 Å². The number of carbonyl (C=O) groups is 1. The van der Waals surface area contributed by atoms with Gasteiger partial charge in [-0.25, -0.2) is 14.8 Å². The minimum Gasteiger partial charge on any atom is -0.444 e. The normalized spacial score (nSPS) is 12.7. The van der Waals surface area contributed by atoms with E-state index in [4.69, 9.17) is 4.74 Å². The molecule has 1 unspecified atom stereocenters. The molecule has 1 amide bonds. The van der Waals surface area contributed by atoms with Gasteiger partial charge < -0.3 is 15.4 Å². The standard InChI is InChI=1S/C17H30N4O2/c1-6-7-8-14(11-20-16(22)23-17(3,4)5)19-12-15-9-10-18-13(2)21-15/h9-10,14,19H,6-8,11-12H2,1-5H3,(H,20,22). The summed E-state index contributed by atoms with van der Waals surface area (Å²) in [5.74, 6) is 0.765. The van der Waals surface area contributed by atoms with E-state index in [9.17, 15) is 4.79 Å². The summed E-state index contributed by atoms with van der Waals surface area (Å²) in [4.78, 5) is 20.3. The second-order valence-corrected chi connectivity index (χ2v) is 6.70. The molecule has 0 aliphatic carbocycles. The molecule has 1 heterocycles. The van der Waals surface area contributed by atoms with Crippen molar-refractivity contribution in [3.05, 3.63) is 23.8 Å². The Kier molecular flexibility index (Phi) is 7.95. The highest BCUT2D eigenvalue weighted by Gasteiger charge is 2.17. The minimum absolute atomic E-state index is 0.192. The van der Waals surface area contributed by atoms with E-state index in [2.05, 4.69) is 27.5 Å². The summed E-state index contributed by atoms with van der Waals surface area (Å²) in [5.41, 5.74) is 0.478. The summed E-state index contributed by atoms with van der Waals surface area (Å²) in [6.45, 7) is 10.8. The summed E-state index contributed by atoms with van der Waals surface area (Å²) in [6, 6.07) is 2.09.